The van der Waals surface area contributed by atoms with Gasteiger partial charge in [0.1, 0.15) is 0 Å². The molecule has 1 unspecified atom stereocenters. The van der Waals surface area contributed by atoms with Crippen molar-refractivity contribution in [2.75, 3.05) is 12.4 Å². The van der Waals surface area contributed by atoms with E-state index in [1.54, 1.807) is 0 Å². The minimum absolute atomic E-state index is 0.0226. The van der Waals surface area contributed by atoms with E-state index in [0.29, 0.717) is 42.4 Å². The predicted molar refractivity (Wildman–Crippen MR) is 91.6 cm³/mol. The summed E-state index contributed by atoms with van der Waals surface area (Å²) in [4.78, 5) is 30.1. The van der Waals surface area contributed by atoms with E-state index < -0.39 is 0 Å². The van der Waals surface area contributed by atoms with Crippen molar-refractivity contribution in [3.63, 3.8) is 0 Å². The van der Waals surface area contributed by atoms with Crippen LogP contribution in [0.15, 0.2) is 11.3 Å². The lowest BCUT2D eigenvalue weighted by Crippen LogP contribution is -2.31. The zero-order chi connectivity index (χ0) is 16.5. The highest BCUT2D eigenvalue weighted by Crippen LogP contribution is 2.31. The molecule has 0 heterocycles. The highest BCUT2D eigenvalue weighted by Gasteiger charge is 2.33. The van der Waals surface area contributed by atoms with E-state index in [2.05, 4.69) is 19.3 Å². The van der Waals surface area contributed by atoms with Crippen LogP contribution in [0.1, 0.15) is 59.8 Å². The Morgan fingerprint density at radius 2 is 1.91 bits per heavy atom. The van der Waals surface area contributed by atoms with E-state index in [0.717, 1.165) is 18.6 Å². The Hall–Kier alpha value is -0.810. The first-order valence-corrected chi connectivity index (χ1v) is 9.37. The van der Waals surface area contributed by atoms with Gasteiger partial charge in [0.25, 0.3) is 0 Å². The molecule has 1 saturated carbocycles. The molecule has 0 amide bonds. The van der Waals surface area contributed by atoms with Gasteiger partial charge in [-0.3, -0.25) is 19.9 Å². The van der Waals surface area contributed by atoms with Crippen molar-refractivity contribution in [2.45, 2.75) is 65.0 Å². The molecule has 1 atom stereocenters. The Morgan fingerprint density at radius 3 is 2.41 bits per heavy atom. The smallest absolute Gasteiger partial charge is 0.168 e. The van der Waals surface area contributed by atoms with E-state index in [4.69, 9.17) is 4.84 Å². The Kier molecular flexibility index (Phi) is 8.79. The number of rotatable bonds is 9. The van der Waals surface area contributed by atoms with Crippen molar-refractivity contribution in [3.05, 3.63) is 11.3 Å². The summed E-state index contributed by atoms with van der Waals surface area (Å²) in [6.45, 7) is 8.70. The van der Waals surface area contributed by atoms with Gasteiger partial charge in [0.15, 0.2) is 11.6 Å². The second-order valence-corrected chi connectivity index (χ2v) is 7.48. The summed E-state index contributed by atoms with van der Waals surface area (Å²) in [7, 11) is 0. The molecule has 0 aromatic heterocycles. The molecule has 1 N–H and O–H groups in total. The SMILES string of the molecule is CCCC(NOCC)=C1C(=O)CC(CC(C)SCC)CC1=O. The summed E-state index contributed by atoms with van der Waals surface area (Å²) < 4.78 is 0. The van der Waals surface area contributed by atoms with Crippen LogP contribution in [0.3, 0.4) is 0 Å². The second-order valence-electron chi connectivity index (χ2n) is 5.76. The van der Waals surface area contributed by atoms with E-state index in [1.165, 1.54) is 0 Å². The van der Waals surface area contributed by atoms with Crippen LogP contribution in [-0.2, 0) is 14.4 Å². The first kappa shape index (κ1) is 19.2. The van der Waals surface area contributed by atoms with Crippen LogP contribution in [0, 0.1) is 5.92 Å². The second kappa shape index (κ2) is 10.1. The Balaban J connectivity index is 2.80. The summed E-state index contributed by atoms with van der Waals surface area (Å²) >= 11 is 1.89. The van der Waals surface area contributed by atoms with Crippen molar-refractivity contribution >= 4 is 23.3 Å². The number of hydroxylamine groups is 1. The van der Waals surface area contributed by atoms with Gasteiger partial charge in [0, 0.05) is 18.1 Å². The van der Waals surface area contributed by atoms with Crippen LogP contribution in [0.25, 0.3) is 0 Å². The van der Waals surface area contributed by atoms with Gasteiger partial charge in [-0.1, -0.05) is 27.2 Å². The largest absolute Gasteiger partial charge is 0.294 e. The molecule has 0 bridgehead atoms. The van der Waals surface area contributed by atoms with Gasteiger partial charge in [0.2, 0.25) is 0 Å². The fourth-order valence-electron chi connectivity index (χ4n) is 2.92. The van der Waals surface area contributed by atoms with Gasteiger partial charge in [-0.15, -0.1) is 0 Å². The van der Waals surface area contributed by atoms with Crippen LogP contribution in [0.5, 0.6) is 0 Å². The lowest BCUT2D eigenvalue weighted by molar-refractivity contribution is -0.125. The Bertz CT molecular complexity index is 400. The monoisotopic (exact) mass is 327 g/mol. The molecular formula is C17H29NO3S. The molecule has 0 spiro atoms. The fourth-order valence-corrected chi connectivity index (χ4v) is 3.90. The standard InChI is InChI=1S/C17H29NO3S/c1-5-8-14(18-21-6-2)17-15(19)10-13(11-16(17)20)9-12(4)22-7-3/h12-13,18H,5-11H2,1-4H3. The summed E-state index contributed by atoms with van der Waals surface area (Å²) in [5.41, 5.74) is 3.82. The lowest BCUT2D eigenvalue weighted by atomic mass is 9.80. The molecule has 5 heteroatoms. The van der Waals surface area contributed by atoms with E-state index in [9.17, 15) is 9.59 Å². The van der Waals surface area contributed by atoms with E-state index in [-0.39, 0.29) is 17.5 Å². The first-order valence-electron chi connectivity index (χ1n) is 8.32. The highest BCUT2D eigenvalue weighted by molar-refractivity contribution is 7.99. The quantitative estimate of drug-likeness (QED) is 0.398. The molecule has 126 valence electrons. The first-order chi connectivity index (χ1) is 10.5. The van der Waals surface area contributed by atoms with Gasteiger partial charge in [0.05, 0.1) is 17.9 Å². The van der Waals surface area contributed by atoms with Gasteiger partial charge in [-0.25, -0.2) is 0 Å². The van der Waals surface area contributed by atoms with Crippen LogP contribution in [-0.4, -0.2) is 29.2 Å². The molecule has 0 saturated heterocycles. The molecule has 0 aliphatic heterocycles. The van der Waals surface area contributed by atoms with E-state index in [1.807, 2.05) is 25.6 Å². The number of Topliss-reactive ketones (excluding diaryl/α,β-unsaturated/α-hetero) is 2. The number of hydrogen-bond acceptors (Lipinski definition) is 5. The van der Waals surface area contributed by atoms with Crippen molar-refractivity contribution in [2.24, 2.45) is 5.92 Å². The third-order valence-corrected chi connectivity index (χ3v) is 4.86. The number of thioether (sulfide) groups is 1. The Labute approximate surface area is 138 Å². The third-order valence-electron chi connectivity index (χ3n) is 3.76. The molecule has 0 aromatic rings. The molecule has 1 fully saturated rings. The summed E-state index contributed by atoms with van der Waals surface area (Å²) in [5, 5.41) is 0.498. The number of carbonyl (C=O) groups is 2. The Morgan fingerprint density at radius 1 is 1.27 bits per heavy atom. The molecule has 1 aliphatic carbocycles. The summed E-state index contributed by atoms with van der Waals surface area (Å²) in [5.74, 6) is 1.21. The van der Waals surface area contributed by atoms with Gasteiger partial charge < -0.3 is 0 Å². The predicted octanol–water partition coefficient (Wildman–Crippen LogP) is 3.66. The van der Waals surface area contributed by atoms with Gasteiger partial charge in [-0.2, -0.15) is 11.8 Å². The van der Waals surface area contributed by atoms with Crippen LogP contribution in [0.2, 0.25) is 0 Å². The van der Waals surface area contributed by atoms with Crippen molar-refractivity contribution in [1.29, 1.82) is 0 Å². The molecule has 0 aromatic carbocycles. The zero-order valence-corrected chi connectivity index (χ0v) is 15.1. The minimum Gasteiger partial charge on any atom is -0.294 e. The zero-order valence-electron chi connectivity index (χ0n) is 14.2. The molecular weight excluding hydrogens is 298 g/mol. The summed E-state index contributed by atoms with van der Waals surface area (Å²) in [6, 6.07) is 0. The van der Waals surface area contributed by atoms with Gasteiger partial charge in [-0.05, 0) is 31.4 Å². The normalized spacial score (nSPS) is 20.2. The average molecular weight is 327 g/mol. The maximum Gasteiger partial charge on any atom is 0.168 e. The molecule has 0 radical (unpaired) electrons. The number of nitrogens with one attached hydrogen (secondary N) is 1. The van der Waals surface area contributed by atoms with Crippen molar-refractivity contribution in [3.8, 4) is 0 Å². The van der Waals surface area contributed by atoms with Crippen molar-refractivity contribution in [1.82, 2.24) is 5.48 Å². The topological polar surface area (TPSA) is 55.4 Å². The summed E-state index contributed by atoms with van der Waals surface area (Å²) in [6.07, 6.45) is 3.44. The van der Waals surface area contributed by atoms with Gasteiger partial charge >= 0.3 is 0 Å². The molecule has 1 aliphatic rings. The van der Waals surface area contributed by atoms with Crippen LogP contribution < -0.4 is 5.48 Å². The number of carbonyl (C=O) groups excluding carboxylic acids is 2. The molecule has 22 heavy (non-hydrogen) atoms. The molecule has 4 nitrogen and oxygen atoms in total. The van der Waals surface area contributed by atoms with E-state index >= 15 is 0 Å². The minimum atomic E-state index is -0.0226. The highest BCUT2D eigenvalue weighted by atomic mass is 32.2. The number of hydrogen-bond donors (Lipinski definition) is 1. The number of ketones is 2. The van der Waals surface area contributed by atoms with Crippen LogP contribution >= 0.6 is 11.8 Å². The maximum absolute atomic E-state index is 12.5. The van der Waals surface area contributed by atoms with Crippen molar-refractivity contribution < 1.29 is 14.4 Å². The third kappa shape index (κ3) is 5.76. The average Bonchev–Trinajstić information content (AvgIpc) is 2.44. The fraction of sp³-hybridized carbons (Fsp3) is 0.765. The molecule has 1 rings (SSSR count). The number of allylic oxidation sites excluding steroid dienone is 2. The lowest BCUT2D eigenvalue weighted by Gasteiger charge is -2.26. The van der Waals surface area contributed by atoms with Crippen LogP contribution in [0.4, 0.5) is 0 Å². The maximum atomic E-state index is 12.5.